The lowest BCUT2D eigenvalue weighted by Gasteiger charge is -2.37. The molecular formula is C20H27N3O2. The molecule has 0 saturated heterocycles. The Balaban J connectivity index is 1.47. The standard InChI is InChI=1S/C20H27N3O2/c1-14-18(13-24)19-21-20(25,10-11-23(19)22-14)17-8-6-16(7-9-17)12-15-4-2-3-5-15/h6,8-9,13,15-16,21,25H,2-5,7,10-12H2,1H3/t16-,20+/m0/s1. The number of aromatic nitrogens is 2. The average Bonchev–Trinajstić information content (AvgIpc) is 3.22. The van der Waals surface area contributed by atoms with Gasteiger partial charge < -0.3 is 10.4 Å². The highest BCUT2D eigenvalue weighted by molar-refractivity contribution is 5.85. The summed E-state index contributed by atoms with van der Waals surface area (Å²) < 4.78 is 1.78. The van der Waals surface area contributed by atoms with Gasteiger partial charge in [0.1, 0.15) is 5.82 Å². The minimum Gasteiger partial charge on any atom is -0.367 e. The lowest BCUT2D eigenvalue weighted by molar-refractivity contribution is 0.0853. The molecule has 1 aromatic rings. The number of hydrogen-bond donors (Lipinski definition) is 2. The smallest absolute Gasteiger partial charge is 0.164 e. The van der Waals surface area contributed by atoms with Crippen LogP contribution < -0.4 is 5.32 Å². The Hall–Kier alpha value is -1.88. The predicted molar refractivity (Wildman–Crippen MR) is 97.4 cm³/mol. The van der Waals surface area contributed by atoms with Crippen LogP contribution >= 0.6 is 0 Å². The zero-order valence-electron chi connectivity index (χ0n) is 14.9. The van der Waals surface area contributed by atoms with Crippen molar-refractivity contribution in [1.82, 2.24) is 9.78 Å². The summed E-state index contributed by atoms with van der Waals surface area (Å²) >= 11 is 0. The van der Waals surface area contributed by atoms with Crippen LogP contribution in [0.2, 0.25) is 0 Å². The van der Waals surface area contributed by atoms with Gasteiger partial charge in [-0.1, -0.05) is 43.9 Å². The molecule has 2 N–H and O–H groups in total. The van der Waals surface area contributed by atoms with E-state index in [1.807, 2.05) is 6.92 Å². The molecule has 0 spiro atoms. The Morgan fingerprint density at radius 1 is 1.44 bits per heavy atom. The fourth-order valence-corrected chi connectivity index (χ4v) is 4.59. The van der Waals surface area contributed by atoms with Gasteiger partial charge in [-0.05, 0) is 37.2 Å². The molecule has 134 valence electrons. The molecule has 0 bridgehead atoms. The summed E-state index contributed by atoms with van der Waals surface area (Å²) in [6, 6.07) is 0. The van der Waals surface area contributed by atoms with Crippen molar-refractivity contribution in [1.29, 1.82) is 0 Å². The number of rotatable bonds is 4. The lowest BCUT2D eigenvalue weighted by Crippen LogP contribution is -2.45. The van der Waals surface area contributed by atoms with Gasteiger partial charge in [0.15, 0.2) is 12.0 Å². The minimum atomic E-state index is -1.12. The van der Waals surface area contributed by atoms with Crippen LogP contribution in [-0.2, 0) is 6.54 Å². The van der Waals surface area contributed by atoms with Crippen LogP contribution in [0.15, 0.2) is 23.8 Å². The van der Waals surface area contributed by atoms with Crippen LogP contribution in [0.3, 0.4) is 0 Å². The summed E-state index contributed by atoms with van der Waals surface area (Å²) in [4.78, 5) is 11.4. The second kappa shape index (κ2) is 6.45. The van der Waals surface area contributed by atoms with E-state index in [0.717, 1.165) is 24.2 Å². The summed E-state index contributed by atoms with van der Waals surface area (Å²) in [6.45, 7) is 2.42. The number of allylic oxidation sites excluding steroid dienone is 2. The summed E-state index contributed by atoms with van der Waals surface area (Å²) in [5, 5.41) is 18.7. The highest BCUT2D eigenvalue weighted by Gasteiger charge is 2.37. The first-order valence-electron chi connectivity index (χ1n) is 9.51. The molecular weight excluding hydrogens is 314 g/mol. The van der Waals surface area contributed by atoms with Gasteiger partial charge in [-0.25, -0.2) is 4.68 Å². The normalized spacial score (nSPS) is 29.2. The molecule has 5 nitrogen and oxygen atoms in total. The fraction of sp³-hybridized carbons (Fsp3) is 0.600. The van der Waals surface area contributed by atoms with E-state index < -0.39 is 5.72 Å². The number of nitrogens with zero attached hydrogens (tertiary/aromatic N) is 2. The third-order valence-electron chi connectivity index (χ3n) is 6.08. The van der Waals surface area contributed by atoms with E-state index in [-0.39, 0.29) is 0 Å². The zero-order chi connectivity index (χ0) is 17.4. The number of hydrogen-bond acceptors (Lipinski definition) is 4. The molecule has 1 saturated carbocycles. The summed E-state index contributed by atoms with van der Waals surface area (Å²) in [5.74, 6) is 2.11. The van der Waals surface area contributed by atoms with Gasteiger partial charge in [-0.2, -0.15) is 5.10 Å². The Labute approximate surface area is 148 Å². The molecule has 1 aliphatic heterocycles. The summed E-state index contributed by atoms with van der Waals surface area (Å²) in [7, 11) is 0. The third kappa shape index (κ3) is 3.06. The second-order valence-corrected chi connectivity index (χ2v) is 7.82. The molecule has 0 amide bonds. The highest BCUT2D eigenvalue weighted by Crippen LogP contribution is 2.37. The largest absolute Gasteiger partial charge is 0.367 e. The van der Waals surface area contributed by atoms with Crippen LogP contribution in [0.4, 0.5) is 5.82 Å². The second-order valence-electron chi connectivity index (χ2n) is 7.82. The van der Waals surface area contributed by atoms with Crippen molar-refractivity contribution in [2.75, 3.05) is 5.32 Å². The first-order valence-corrected chi connectivity index (χ1v) is 9.51. The van der Waals surface area contributed by atoms with Gasteiger partial charge in [0.05, 0.1) is 11.3 Å². The van der Waals surface area contributed by atoms with Gasteiger partial charge in [0, 0.05) is 13.0 Å². The number of carbonyl (C=O) groups excluding carboxylic acids is 1. The molecule has 0 radical (unpaired) electrons. The van der Waals surface area contributed by atoms with Crippen molar-refractivity contribution in [3.8, 4) is 0 Å². The van der Waals surface area contributed by atoms with Gasteiger partial charge in [0.25, 0.3) is 0 Å². The maximum absolute atomic E-state index is 11.4. The molecule has 1 aromatic heterocycles. The third-order valence-corrected chi connectivity index (χ3v) is 6.08. The van der Waals surface area contributed by atoms with Crippen LogP contribution in [-0.4, -0.2) is 26.9 Å². The molecule has 4 rings (SSSR count). The van der Waals surface area contributed by atoms with Crippen LogP contribution in [0.1, 0.15) is 61.0 Å². The molecule has 2 aliphatic carbocycles. The van der Waals surface area contributed by atoms with E-state index in [1.54, 1.807) is 4.68 Å². The molecule has 5 heteroatoms. The first kappa shape index (κ1) is 16.6. The summed E-state index contributed by atoms with van der Waals surface area (Å²) in [6.07, 6.45) is 15.7. The topological polar surface area (TPSA) is 67.2 Å². The summed E-state index contributed by atoms with van der Waals surface area (Å²) in [5.41, 5.74) is 1.04. The predicted octanol–water partition coefficient (Wildman–Crippen LogP) is 3.59. The van der Waals surface area contributed by atoms with Crippen molar-refractivity contribution in [3.63, 3.8) is 0 Å². The lowest BCUT2D eigenvalue weighted by atomic mass is 9.84. The number of fused-ring (bicyclic) bond motifs is 1. The van der Waals surface area contributed by atoms with Crippen molar-refractivity contribution in [2.24, 2.45) is 11.8 Å². The monoisotopic (exact) mass is 341 g/mol. The quantitative estimate of drug-likeness (QED) is 0.821. The molecule has 25 heavy (non-hydrogen) atoms. The average molecular weight is 341 g/mol. The van der Waals surface area contributed by atoms with E-state index >= 15 is 0 Å². The van der Waals surface area contributed by atoms with Gasteiger partial charge in [-0.15, -0.1) is 0 Å². The van der Waals surface area contributed by atoms with Crippen molar-refractivity contribution >= 4 is 12.1 Å². The maximum Gasteiger partial charge on any atom is 0.164 e. The molecule has 0 unspecified atom stereocenters. The minimum absolute atomic E-state index is 0.539. The van der Waals surface area contributed by atoms with E-state index in [2.05, 4.69) is 28.6 Å². The van der Waals surface area contributed by atoms with Crippen LogP contribution in [0.5, 0.6) is 0 Å². The number of carbonyl (C=O) groups is 1. The number of nitrogens with one attached hydrogen (secondary N) is 1. The Bertz CT molecular complexity index is 728. The molecule has 3 aliphatic rings. The van der Waals surface area contributed by atoms with Gasteiger partial charge >= 0.3 is 0 Å². The maximum atomic E-state index is 11.4. The van der Waals surface area contributed by atoms with E-state index in [0.29, 0.717) is 36.0 Å². The Morgan fingerprint density at radius 3 is 2.92 bits per heavy atom. The van der Waals surface area contributed by atoms with Crippen molar-refractivity contribution in [3.05, 3.63) is 35.1 Å². The van der Waals surface area contributed by atoms with Crippen molar-refractivity contribution in [2.45, 2.75) is 64.1 Å². The zero-order valence-corrected chi connectivity index (χ0v) is 14.9. The highest BCUT2D eigenvalue weighted by atomic mass is 16.3. The van der Waals surface area contributed by atoms with E-state index in [4.69, 9.17) is 0 Å². The molecule has 1 fully saturated rings. The molecule has 2 heterocycles. The SMILES string of the molecule is Cc1nn2c(c1C=O)N[C@](O)(C1=CC[C@@H](CC3CCCC3)C=C1)CC2. The number of aryl methyl sites for hydroxylation is 2. The van der Waals surface area contributed by atoms with Crippen LogP contribution in [0, 0.1) is 18.8 Å². The first-order chi connectivity index (χ1) is 12.1. The number of aldehydes is 1. The number of anilines is 1. The van der Waals surface area contributed by atoms with Gasteiger partial charge in [0.2, 0.25) is 0 Å². The van der Waals surface area contributed by atoms with Crippen LogP contribution in [0.25, 0.3) is 0 Å². The van der Waals surface area contributed by atoms with E-state index in [1.165, 1.54) is 32.1 Å². The van der Waals surface area contributed by atoms with E-state index in [9.17, 15) is 9.90 Å². The number of aliphatic hydroxyl groups is 1. The Kier molecular flexibility index (Phi) is 4.28. The molecule has 2 atom stereocenters. The van der Waals surface area contributed by atoms with Crippen molar-refractivity contribution < 1.29 is 9.90 Å². The fourth-order valence-electron chi connectivity index (χ4n) is 4.59. The Morgan fingerprint density at radius 2 is 2.24 bits per heavy atom. The van der Waals surface area contributed by atoms with Gasteiger partial charge in [-0.3, -0.25) is 4.79 Å². The molecule has 0 aromatic carbocycles.